The quantitative estimate of drug-likeness (QED) is 0.857. The maximum Gasteiger partial charge on any atom is 0.238 e. The Morgan fingerprint density at radius 1 is 1.25 bits per heavy atom. The number of hydrogen-bond acceptors (Lipinski definition) is 4. The minimum absolute atomic E-state index is 0.0137. The van der Waals surface area contributed by atoms with E-state index in [2.05, 4.69) is 5.32 Å². The minimum Gasteiger partial charge on any atom is -0.378 e. The predicted octanol–water partition coefficient (Wildman–Crippen LogP) is 2.03. The van der Waals surface area contributed by atoms with Gasteiger partial charge in [0.25, 0.3) is 0 Å². The summed E-state index contributed by atoms with van der Waals surface area (Å²) in [7, 11) is 1.72. The third kappa shape index (κ3) is 5.08. The van der Waals surface area contributed by atoms with E-state index in [1.807, 2.05) is 6.92 Å². The number of carbonyl (C=O) groups is 2. The Morgan fingerprint density at radius 2 is 1.92 bits per heavy atom. The molecule has 8 heteroatoms. The SMILES string of the molecule is Cc1ccc(Cl)c(NC(=O)CN(C)CC(=O)N2CCOCC2)c1Cl. The van der Waals surface area contributed by atoms with Gasteiger partial charge in [0, 0.05) is 13.1 Å². The zero-order chi connectivity index (χ0) is 17.7. The van der Waals surface area contributed by atoms with Crippen LogP contribution in [-0.4, -0.2) is 68.1 Å². The monoisotopic (exact) mass is 373 g/mol. The van der Waals surface area contributed by atoms with Gasteiger partial charge in [-0.3, -0.25) is 14.5 Å². The summed E-state index contributed by atoms with van der Waals surface area (Å²) in [4.78, 5) is 27.7. The molecule has 1 aliphatic heterocycles. The van der Waals surface area contributed by atoms with Crippen LogP contribution in [0.25, 0.3) is 0 Å². The third-order valence-corrected chi connectivity index (χ3v) is 4.53. The second kappa shape index (κ2) is 8.67. The van der Waals surface area contributed by atoms with Gasteiger partial charge in [-0.1, -0.05) is 29.3 Å². The Balaban J connectivity index is 1.88. The van der Waals surface area contributed by atoms with Gasteiger partial charge < -0.3 is 15.0 Å². The lowest BCUT2D eigenvalue weighted by Gasteiger charge is -2.28. The Bertz CT molecular complexity index is 619. The van der Waals surface area contributed by atoms with Crippen molar-refractivity contribution in [3.8, 4) is 0 Å². The van der Waals surface area contributed by atoms with Crippen molar-refractivity contribution < 1.29 is 14.3 Å². The van der Waals surface area contributed by atoms with Gasteiger partial charge in [-0.2, -0.15) is 0 Å². The smallest absolute Gasteiger partial charge is 0.238 e. The first-order valence-electron chi connectivity index (χ1n) is 7.67. The molecule has 0 radical (unpaired) electrons. The number of anilines is 1. The van der Waals surface area contributed by atoms with E-state index in [4.69, 9.17) is 27.9 Å². The third-order valence-electron chi connectivity index (χ3n) is 3.73. The number of nitrogens with zero attached hydrogens (tertiary/aromatic N) is 2. The van der Waals surface area contributed by atoms with E-state index in [0.717, 1.165) is 5.56 Å². The Morgan fingerprint density at radius 3 is 2.58 bits per heavy atom. The van der Waals surface area contributed by atoms with Gasteiger partial charge in [0.05, 0.1) is 42.0 Å². The van der Waals surface area contributed by atoms with Crippen molar-refractivity contribution in [1.29, 1.82) is 0 Å². The fraction of sp³-hybridized carbons (Fsp3) is 0.500. The number of rotatable bonds is 5. The lowest BCUT2D eigenvalue weighted by Crippen LogP contribution is -2.46. The molecule has 0 unspecified atom stereocenters. The highest BCUT2D eigenvalue weighted by Gasteiger charge is 2.20. The van der Waals surface area contributed by atoms with Crippen molar-refractivity contribution in [2.24, 2.45) is 0 Å². The van der Waals surface area contributed by atoms with Crippen molar-refractivity contribution in [3.05, 3.63) is 27.7 Å². The summed E-state index contributed by atoms with van der Waals surface area (Å²) in [6.45, 7) is 4.36. The summed E-state index contributed by atoms with van der Waals surface area (Å²) < 4.78 is 5.22. The van der Waals surface area contributed by atoms with Crippen LogP contribution in [-0.2, 0) is 14.3 Å². The van der Waals surface area contributed by atoms with Crippen molar-refractivity contribution >= 4 is 40.7 Å². The molecule has 0 spiro atoms. The van der Waals surface area contributed by atoms with Gasteiger partial charge in [0.1, 0.15) is 0 Å². The van der Waals surface area contributed by atoms with Crippen molar-refractivity contribution in [3.63, 3.8) is 0 Å². The fourth-order valence-electron chi connectivity index (χ4n) is 2.39. The highest BCUT2D eigenvalue weighted by molar-refractivity contribution is 6.40. The molecular formula is C16H21Cl2N3O3. The molecule has 6 nitrogen and oxygen atoms in total. The topological polar surface area (TPSA) is 61.9 Å². The molecular weight excluding hydrogens is 353 g/mol. The summed E-state index contributed by atoms with van der Waals surface area (Å²) in [6, 6.07) is 3.47. The van der Waals surface area contributed by atoms with Gasteiger partial charge in [0.15, 0.2) is 0 Å². The van der Waals surface area contributed by atoms with E-state index < -0.39 is 0 Å². The van der Waals surface area contributed by atoms with Gasteiger partial charge in [-0.05, 0) is 25.6 Å². The van der Waals surface area contributed by atoms with Crippen molar-refractivity contribution in [2.45, 2.75) is 6.92 Å². The van der Waals surface area contributed by atoms with Crippen LogP contribution in [0.15, 0.2) is 12.1 Å². The maximum atomic E-state index is 12.2. The molecule has 0 bridgehead atoms. The second-order valence-electron chi connectivity index (χ2n) is 5.77. The molecule has 24 heavy (non-hydrogen) atoms. The van der Waals surface area contributed by atoms with E-state index >= 15 is 0 Å². The number of carbonyl (C=O) groups excluding carboxylic acids is 2. The average molecular weight is 374 g/mol. The lowest BCUT2D eigenvalue weighted by molar-refractivity contribution is -0.136. The van der Waals surface area contributed by atoms with Gasteiger partial charge in [-0.15, -0.1) is 0 Å². The molecule has 2 amide bonds. The maximum absolute atomic E-state index is 12.2. The predicted molar refractivity (Wildman–Crippen MR) is 94.7 cm³/mol. The summed E-state index contributed by atoms with van der Waals surface area (Å²) in [5, 5.41) is 3.51. The molecule has 1 aromatic rings. The van der Waals surface area contributed by atoms with Gasteiger partial charge in [0.2, 0.25) is 11.8 Å². The zero-order valence-electron chi connectivity index (χ0n) is 13.8. The molecule has 0 atom stereocenters. The molecule has 1 aromatic carbocycles. The van der Waals surface area contributed by atoms with Crippen LogP contribution < -0.4 is 5.32 Å². The fourth-order valence-corrected chi connectivity index (χ4v) is 2.86. The van der Waals surface area contributed by atoms with Gasteiger partial charge in [-0.25, -0.2) is 0 Å². The molecule has 0 saturated carbocycles. The first-order chi connectivity index (χ1) is 11.4. The first-order valence-corrected chi connectivity index (χ1v) is 8.42. The molecule has 1 saturated heterocycles. The number of aryl methyl sites for hydroxylation is 1. The van der Waals surface area contributed by atoms with E-state index in [9.17, 15) is 9.59 Å². The number of likely N-dealkylation sites (N-methyl/N-ethyl adjacent to an activating group) is 1. The average Bonchev–Trinajstić information content (AvgIpc) is 2.55. The molecule has 2 rings (SSSR count). The number of amides is 2. The molecule has 0 aromatic heterocycles. The standard InChI is InChI=1S/C16H21Cl2N3O3/c1-11-3-4-12(17)16(15(11)18)19-13(22)9-20(2)10-14(23)21-5-7-24-8-6-21/h3-4H,5-10H2,1-2H3,(H,19,22). The number of nitrogens with one attached hydrogen (secondary N) is 1. The number of benzene rings is 1. The molecule has 132 valence electrons. The molecule has 1 fully saturated rings. The highest BCUT2D eigenvalue weighted by Crippen LogP contribution is 2.32. The summed E-state index contributed by atoms with van der Waals surface area (Å²) in [5.41, 5.74) is 1.23. The zero-order valence-corrected chi connectivity index (χ0v) is 15.3. The van der Waals surface area contributed by atoms with Crippen LogP contribution in [0.2, 0.25) is 10.0 Å². The summed E-state index contributed by atoms with van der Waals surface area (Å²) in [5.74, 6) is -0.290. The van der Waals surface area contributed by atoms with Gasteiger partial charge >= 0.3 is 0 Å². The van der Waals surface area contributed by atoms with Crippen LogP contribution in [0.5, 0.6) is 0 Å². The molecule has 1 aliphatic rings. The lowest BCUT2D eigenvalue weighted by atomic mass is 10.2. The van der Waals surface area contributed by atoms with Crippen LogP contribution in [0, 0.1) is 6.92 Å². The van der Waals surface area contributed by atoms with Crippen LogP contribution >= 0.6 is 23.2 Å². The van der Waals surface area contributed by atoms with Crippen LogP contribution in [0.1, 0.15) is 5.56 Å². The van der Waals surface area contributed by atoms with E-state index in [0.29, 0.717) is 42.0 Å². The summed E-state index contributed by atoms with van der Waals surface area (Å²) >= 11 is 12.3. The Hall–Kier alpha value is -1.34. The number of ether oxygens (including phenoxy) is 1. The van der Waals surface area contributed by atoms with E-state index in [1.54, 1.807) is 29.0 Å². The van der Waals surface area contributed by atoms with Crippen LogP contribution in [0.4, 0.5) is 5.69 Å². The Kier molecular flexibility index (Phi) is 6.86. The summed E-state index contributed by atoms with van der Waals surface area (Å²) in [6.07, 6.45) is 0. The molecule has 1 N–H and O–H groups in total. The molecule has 1 heterocycles. The second-order valence-corrected chi connectivity index (χ2v) is 6.55. The minimum atomic E-state index is -0.276. The highest BCUT2D eigenvalue weighted by atomic mass is 35.5. The Labute approximate surface area is 151 Å². The number of hydrogen-bond donors (Lipinski definition) is 1. The van der Waals surface area contributed by atoms with Crippen molar-refractivity contribution in [2.75, 3.05) is 51.8 Å². The van der Waals surface area contributed by atoms with Crippen molar-refractivity contribution in [1.82, 2.24) is 9.80 Å². The normalized spacial score (nSPS) is 14.8. The first kappa shape index (κ1) is 19.0. The van der Waals surface area contributed by atoms with E-state index in [-0.39, 0.29) is 24.9 Å². The molecule has 0 aliphatic carbocycles. The number of morpholine rings is 1. The van der Waals surface area contributed by atoms with Crippen LogP contribution in [0.3, 0.4) is 0 Å². The van der Waals surface area contributed by atoms with E-state index in [1.165, 1.54) is 0 Å². The largest absolute Gasteiger partial charge is 0.378 e. The number of halogens is 2.